The summed E-state index contributed by atoms with van der Waals surface area (Å²) < 4.78 is 1.98. The number of aryl methyl sites for hydroxylation is 1. The van der Waals surface area contributed by atoms with Crippen LogP contribution in [0, 0.1) is 0 Å². The maximum Gasteiger partial charge on any atom is 0.354 e. The Balaban J connectivity index is 1.60. The van der Waals surface area contributed by atoms with E-state index in [1.54, 1.807) is 12.1 Å². The summed E-state index contributed by atoms with van der Waals surface area (Å²) in [6.45, 7) is 0. The van der Waals surface area contributed by atoms with Gasteiger partial charge in [0.2, 0.25) is 0 Å². The lowest BCUT2D eigenvalue weighted by Crippen LogP contribution is -2.43. The second-order valence-corrected chi connectivity index (χ2v) is 6.53. The predicted octanol–water partition coefficient (Wildman–Crippen LogP) is 2.43. The minimum absolute atomic E-state index is 0.121. The molecule has 2 aliphatic heterocycles. The summed E-state index contributed by atoms with van der Waals surface area (Å²) in [5, 5.41) is 13.5. The van der Waals surface area contributed by atoms with Crippen LogP contribution in [0.1, 0.15) is 47.8 Å². The van der Waals surface area contributed by atoms with Crippen molar-refractivity contribution in [3.8, 4) is 0 Å². The van der Waals surface area contributed by atoms with Gasteiger partial charge >= 0.3 is 5.97 Å². The number of carboxylic acids is 1. The standard InChI is InChI=1S/C17H20N4O2/c1-20-15(7-8-18-20)11-9-12-5-6-13(10-11)21(12)16-4-2-3-14(19-16)17(22)23/h2-4,7-8,11-13H,5-6,9-10H2,1H3,(H,22,23). The Morgan fingerprint density at radius 2 is 1.96 bits per heavy atom. The van der Waals surface area contributed by atoms with E-state index in [4.69, 9.17) is 5.11 Å². The zero-order valence-electron chi connectivity index (χ0n) is 13.1. The summed E-state index contributed by atoms with van der Waals surface area (Å²) in [5.41, 5.74) is 1.42. The fourth-order valence-electron chi connectivity index (χ4n) is 4.26. The first kappa shape index (κ1) is 14.2. The number of nitrogens with zero attached hydrogens (tertiary/aromatic N) is 4. The molecular formula is C17H20N4O2. The summed E-state index contributed by atoms with van der Waals surface area (Å²) in [5.74, 6) is 0.365. The second kappa shape index (κ2) is 5.37. The number of hydrogen-bond acceptors (Lipinski definition) is 4. The van der Waals surface area contributed by atoms with Gasteiger partial charge in [0.1, 0.15) is 5.82 Å². The molecule has 2 fully saturated rings. The number of carbonyl (C=O) groups is 1. The van der Waals surface area contributed by atoms with Crippen molar-refractivity contribution in [3.63, 3.8) is 0 Å². The summed E-state index contributed by atoms with van der Waals surface area (Å²) in [6.07, 6.45) is 6.32. The van der Waals surface area contributed by atoms with Gasteiger partial charge in [0.05, 0.1) is 0 Å². The number of piperidine rings is 1. The van der Waals surface area contributed by atoms with E-state index in [1.165, 1.54) is 5.69 Å². The maximum absolute atomic E-state index is 11.2. The summed E-state index contributed by atoms with van der Waals surface area (Å²) in [7, 11) is 2.00. The van der Waals surface area contributed by atoms with Gasteiger partial charge in [0.15, 0.2) is 5.69 Å². The smallest absolute Gasteiger partial charge is 0.354 e. The van der Waals surface area contributed by atoms with E-state index in [0.29, 0.717) is 18.0 Å². The van der Waals surface area contributed by atoms with Crippen LogP contribution in [-0.4, -0.2) is 37.9 Å². The van der Waals surface area contributed by atoms with Crippen molar-refractivity contribution >= 4 is 11.8 Å². The Hall–Kier alpha value is -2.37. The molecule has 2 aromatic heterocycles. The molecule has 1 N–H and O–H groups in total. The molecule has 120 valence electrons. The van der Waals surface area contributed by atoms with Crippen molar-refractivity contribution in [2.45, 2.75) is 43.7 Å². The first-order valence-electron chi connectivity index (χ1n) is 8.10. The molecule has 0 radical (unpaired) electrons. The predicted molar refractivity (Wildman–Crippen MR) is 85.7 cm³/mol. The topological polar surface area (TPSA) is 71.2 Å². The fraction of sp³-hybridized carbons (Fsp3) is 0.471. The van der Waals surface area contributed by atoms with Gasteiger partial charge < -0.3 is 10.0 Å². The average molecular weight is 312 g/mol. The molecule has 0 saturated carbocycles. The fourth-order valence-corrected chi connectivity index (χ4v) is 4.26. The van der Waals surface area contributed by atoms with Crippen molar-refractivity contribution in [1.29, 1.82) is 0 Å². The number of anilines is 1. The van der Waals surface area contributed by atoms with Crippen LogP contribution in [0.15, 0.2) is 30.5 Å². The minimum Gasteiger partial charge on any atom is -0.477 e. The molecule has 0 aromatic carbocycles. The van der Waals surface area contributed by atoms with Gasteiger partial charge in [-0.15, -0.1) is 0 Å². The normalized spacial score (nSPS) is 26.5. The lowest BCUT2D eigenvalue weighted by atomic mass is 9.88. The van der Waals surface area contributed by atoms with Crippen molar-refractivity contribution in [2.75, 3.05) is 4.90 Å². The molecular weight excluding hydrogens is 292 g/mol. The molecule has 4 heterocycles. The summed E-state index contributed by atoms with van der Waals surface area (Å²) in [6, 6.07) is 8.26. The third-order valence-corrected chi connectivity index (χ3v) is 5.23. The van der Waals surface area contributed by atoms with Crippen LogP contribution < -0.4 is 4.90 Å². The number of hydrogen-bond donors (Lipinski definition) is 1. The van der Waals surface area contributed by atoms with Crippen molar-refractivity contribution in [3.05, 3.63) is 41.9 Å². The molecule has 2 atom stereocenters. The molecule has 2 bridgehead atoms. The molecule has 2 aliphatic rings. The number of carboxylic acid groups (broad SMARTS) is 1. The van der Waals surface area contributed by atoms with E-state index in [1.807, 2.05) is 24.0 Å². The largest absolute Gasteiger partial charge is 0.477 e. The van der Waals surface area contributed by atoms with E-state index in [2.05, 4.69) is 21.0 Å². The van der Waals surface area contributed by atoms with E-state index < -0.39 is 5.97 Å². The molecule has 6 nitrogen and oxygen atoms in total. The molecule has 2 saturated heterocycles. The number of aromatic carboxylic acids is 1. The molecule has 2 unspecified atom stereocenters. The minimum atomic E-state index is -0.969. The third-order valence-electron chi connectivity index (χ3n) is 5.23. The van der Waals surface area contributed by atoms with Gasteiger partial charge in [0, 0.05) is 36.9 Å². The highest BCUT2D eigenvalue weighted by Crippen LogP contribution is 2.44. The number of rotatable bonds is 3. The first-order valence-corrected chi connectivity index (χ1v) is 8.10. The zero-order chi connectivity index (χ0) is 16.0. The van der Waals surface area contributed by atoms with Crippen LogP contribution in [0.2, 0.25) is 0 Å². The lowest BCUT2D eigenvalue weighted by molar-refractivity contribution is 0.0690. The summed E-state index contributed by atoms with van der Waals surface area (Å²) in [4.78, 5) is 17.9. The van der Waals surface area contributed by atoms with Crippen LogP contribution in [0.3, 0.4) is 0 Å². The quantitative estimate of drug-likeness (QED) is 0.942. The van der Waals surface area contributed by atoms with Crippen LogP contribution in [-0.2, 0) is 7.05 Å². The first-order chi connectivity index (χ1) is 11.1. The van der Waals surface area contributed by atoms with E-state index in [9.17, 15) is 4.79 Å². The van der Waals surface area contributed by atoms with E-state index in [0.717, 1.165) is 31.5 Å². The SMILES string of the molecule is Cn1nccc1C1CC2CCC(C1)N2c1cccc(C(=O)O)n1. The van der Waals surface area contributed by atoms with Gasteiger partial charge in [-0.1, -0.05) is 6.07 Å². The molecule has 6 heteroatoms. The van der Waals surface area contributed by atoms with Crippen LogP contribution in [0.25, 0.3) is 0 Å². The molecule has 0 amide bonds. The van der Waals surface area contributed by atoms with Crippen LogP contribution >= 0.6 is 0 Å². The highest BCUT2D eigenvalue weighted by atomic mass is 16.4. The molecule has 2 aromatic rings. The van der Waals surface area contributed by atoms with Gasteiger partial charge in [-0.3, -0.25) is 4.68 Å². The van der Waals surface area contributed by atoms with E-state index >= 15 is 0 Å². The van der Waals surface area contributed by atoms with Gasteiger partial charge in [-0.25, -0.2) is 9.78 Å². The zero-order valence-corrected chi connectivity index (χ0v) is 13.1. The van der Waals surface area contributed by atoms with E-state index in [-0.39, 0.29) is 5.69 Å². The van der Waals surface area contributed by atoms with Crippen molar-refractivity contribution in [2.24, 2.45) is 7.05 Å². The van der Waals surface area contributed by atoms with Gasteiger partial charge in [-0.2, -0.15) is 5.10 Å². The molecule has 0 aliphatic carbocycles. The van der Waals surface area contributed by atoms with Crippen molar-refractivity contribution in [1.82, 2.24) is 14.8 Å². The number of fused-ring (bicyclic) bond motifs is 2. The summed E-state index contributed by atoms with van der Waals surface area (Å²) >= 11 is 0. The highest BCUT2D eigenvalue weighted by Gasteiger charge is 2.42. The Morgan fingerprint density at radius 1 is 1.22 bits per heavy atom. The lowest BCUT2D eigenvalue weighted by Gasteiger charge is -2.40. The Morgan fingerprint density at radius 3 is 2.57 bits per heavy atom. The van der Waals surface area contributed by atoms with Crippen LogP contribution in [0.5, 0.6) is 0 Å². The van der Waals surface area contributed by atoms with Crippen LogP contribution in [0.4, 0.5) is 5.82 Å². The maximum atomic E-state index is 11.2. The van der Waals surface area contributed by atoms with Crippen molar-refractivity contribution < 1.29 is 9.90 Å². The number of pyridine rings is 1. The second-order valence-electron chi connectivity index (χ2n) is 6.53. The van der Waals surface area contributed by atoms with Gasteiger partial charge in [-0.05, 0) is 43.9 Å². The number of aromatic nitrogens is 3. The monoisotopic (exact) mass is 312 g/mol. The Labute approximate surface area is 134 Å². The average Bonchev–Trinajstić information content (AvgIpc) is 3.08. The third kappa shape index (κ3) is 2.38. The van der Waals surface area contributed by atoms with Gasteiger partial charge in [0.25, 0.3) is 0 Å². The molecule has 0 spiro atoms. The Kier molecular flexibility index (Phi) is 3.32. The molecule has 23 heavy (non-hydrogen) atoms. The highest BCUT2D eigenvalue weighted by molar-refractivity contribution is 5.85. The molecule has 4 rings (SSSR count). The Bertz CT molecular complexity index is 728.